The predicted octanol–water partition coefficient (Wildman–Crippen LogP) is 0.364. The zero-order valence-electron chi connectivity index (χ0n) is 4.78. The zero-order valence-corrected chi connectivity index (χ0v) is 4.78. The molecule has 0 saturated heterocycles. The van der Waals surface area contributed by atoms with Gasteiger partial charge >= 0.3 is 5.97 Å². The molecule has 0 spiro atoms. The maximum absolute atomic E-state index is 9.96. The topological polar surface area (TPSA) is 62.7 Å². The Bertz CT molecular complexity index is 146. The van der Waals surface area contributed by atoms with Gasteiger partial charge in [0, 0.05) is 0 Å². The van der Waals surface area contributed by atoms with E-state index in [0.717, 1.165) is 0 Å². The second-order valence-electron chi connectivity index (χ2n) is 1.21. The summed E-state index contributed by atoms with van der Waals surface area (Å²) in [6.07, 6.45) is 3.53. The highest BCUT2D eigenvalue weighted by atomic mass is 16.5. The first-order valence-electron chi connectivity index (χ1n) is 2.26. The van der Waals surface area contributed by atoms with Gasteiger partial charge in [0.05, 0.1) is 12.7 Å². The molecule has 0 amide bonds. The normalized spacial score (nSPS) is 13.1. The average molecular weight is 126 g/mol. The third kappa shape index (κ3) is 4.44. The van der Waals surface area contributed by atoms with Crippen LogP contribution in [0.4, 0.5) is 0 Å². The number of cyclic esters (lactones) is 1. The highest BCUT2D eigenvalue weighted by Crippen LogP contribution is 1.96. The Morgan fingerprint density at radius 1 is 1.89 bits per heavy atom. The molecular formula is C5H6N2O2. The second kappa shape index (κ2) is 4.74. The van der Waals surface area contributed by atoms with E-state index in [4.69, 9.17) is 5.53 Å². The molecule has 4 nitrogen and oxygen atoms in total. The van der Waals surface area contributed by atoms with E-state index < -0.39 is 0 Å². The van der Waals surface area contributed by atoms with E-state index >= 15 is 0 Å². The molecule has 9 heavy (non-hydrogen) atoms. The number of carbonyl (C=O) groups excluding carboxylic acids is 1. The lowest BCUT2D eigenvalue weighted by Gasteiger charge is -1.78. The highest BCUT2D eigenvalue weighted by Gasteiger charge is 2.00. The van der Waals surface area contributed by atoms with Crippen LogP contribution in [0.5, 0.6) is 0 Å². The number of rotatable bonds is 0. The van der Waals surface area contributed by atoms with Crippen molar-refractivity contribution in [1.29, 1.82) is 0 Å². The molecule has 0 aromatic carbocycles. The van der Waals surface area contributed by atoms with Gasteiger partial charge < -0.3 is 10.3 Å². The van der Waals surface area contributed by atoms with Crippen LogP contribution in [-0.2, 0) is 9.53 Å². The zero-order chi connectivity index (χ0) is 7.11. The van der Waals surface area contributed by atoms with Gasteiger partial charge in [0.15, 0.2) is 0 Å². The fraction of sp³-hybridized carbons (Fsp3) is 0.200. The molecular weight excluding hydrogens is 120 g/mol. The number of carbonyl (C=O) groups is 1. The summed E-state index contributed by atoms with van der Waals surface area (Å²) in [5.41, 5.74) is 7.08. The standard InChI is InChI=1S/C4H4O2.CH2N2/c5-4-2-1-3-6-4;1-3-2/h1,3H,2H2;1H2. The van der Waals surface area contributed by atoms with Gasteiger partial charge in [-0.25, -0.2) is 0 Å². The summed E-state index contributed by atoms with van der Waals surface area (Å²) in [5.74, 6) is -0.157. The number of ether oxygens (including phenoxy) is 1. The molecule has 1 aliphatic heterocycles. The first kappa shape index (κ1) is 7.59. The van der Waals surface area contributed by atoms with E-state index in [-0.39, 0.29) is 5.97 Å². The molecule has 0 unspecified atom stereocenters. The molecule has 4 heteroatoms. The van der Waals surface area contributed by atoms with Crippen LogP contribution in [0.2, 0.25) is 0 Å². The van der Waals surface area contributed by atoms with Crippen LogP contribution in [0.1, 0.15) is 6.42 Å². The second-order valence-corrected chi connectivity index (χ2v) is 1.21. The van der Waals surface area contributed by atoms with Crippen LogP contribution in [0.15, 0.2) is 12.3 Å². The Kier molecular flexibility index (Phi) is 4.00. The van der Waals surface area contributed by atoms with Gasteiger partial charge in [0.2, 0.25) is 6.72 Å². The molecule has 0 N–H and O–H groups in total. The van der Waals surface area contributed by atoms with E-state index in [0.29, 0.717) is 6.42 Å². The minimum absolute atomic E-state index is 0.157. The SMILES string of the molecule is C=[N+]=[N-].O=C1CC=CO1. The smallest absolute Gasteiger partial charge is 0.314 e. The van der Waals surface area contributed by atoms with Crippen LogP contribution >= 0.6 is 0 Å². The molecule has 1 rings (SSSR count). The van der Waals surface area contributed by atoms with Crippen molar-refractivity contribution in [3.05, 3.63) is 17.9 Å². The largest absolute Gasteiger partial charge is 0.435 e. The van der Waals surface area contributed by atoms with E-state index in [2.05, 4.69) is 16.2 Å². The third-order valence-electron chi connectivity index (χ3n) is 0.580. The first-order chi connectivity index (χ1) is 4.31. The lowest BCUT2D eigenvalue weighted by molar-refractivity contribution is -0.135. The highest BCUT2D eigenvalue weighted by molar-refractivity contribution is 5.73. The summed E-state index contributed by atoms with van der Waals surface area (Å²) in [4.78, 5) is 12.2. The Labute approximate surface area is 52.4 Å². The monoisotopic (exact) mass is 126 g/mol. The Morgan fingerprint density at radius 2 is 2.44 bits per heavy atom. The Morgan fingerprint density at radius 3 is 2.56 bits per heavy atom. The fourth-order valence-corrected chi connectivity index (χ4v) is 0.316. The molecule has 0 bridgehead atoms. The van der Waals surface area contributed by atoms with Gasteiger partial charge in [0.1, 0.15) is 0 Å². The number of hydrogen-bond donors (Lipinski definition) is 0. The third-order valence-corrected chi connectivity index (χ3v) is 0.580. The van der Waals surface area contributed by atoms with Crippen molar-refractivity contribution in [3.63, 3.8) is 0 Å². The van der Waals surface area contributed by atoms with Crippen molar-refractivity contribution in [2.75, 3.05) is 0 Å². The Balaban J connectivity index is 0.000000187. The Hall–Kier alpha value is -1.41. The molecule has 0 fully saturated rings. The molecule has 1 aliphatic rings. The lowest BCUT2D eigenvalue weighted by Crippen LogP contribution is -1.87. The van der Waals surface area contributed by atoms with Crippen molar-refractivity contribution in [3.8, 4) is 0 Å². The number of esters is 1. The molecule has 0 atom stereocenters. The molecule has 48 valence electrons. The molecule has 1 heterocycles. The number of nitrogens with zero attached hydrogens (tertiary/aromatic N) is 2. The van der Waals surface area contributed by atoms with Crippen molar-refractivity contribution < 1.29 is 14.3 Å². The van der Waals surface area contributed by atoms with Crippen LogP contribution in [-0.4, -0.2) is 17.5 Å². The van der Waals surface area contributed by atoms with Gasteiger partial charge in [-0.05, 0) is 6.08 Å². The van der Waals surface area contributed by atoms with Gasteiger partial charge in [-0.15, -0.1) is 0 Å². The summed E-state index contributed by atoms with van der Waals surface area (Å²) in [6.45, 7) is 2.67. The maximum Gasteiger partial charge on any atom is 0.314 e. The summed E-state index contributed by atoms with van der Waals surface area (Å²) < 4.78 is 4.33. The lowest BCUT2D eigenvalue weighted by atomic mass is 10.5. The van der Waals surface area contributed by atoms with Gasteiger partial charge in [-0.3, -0.25) is 4.79 Å². The van der Waals surface area contributed by atoms with Gasteiger partial charge in [0.25, 0.3) is 0 Å². The van der Waals surface area contributed by atoms with Gasteiger partial charge in [-0.2, -0.15) is 4.79 Å². The average Bonchev–Trinajstić information content (AvgIpc) is 2.20. The minimum atomic E-state index is -0.157. The molecule has 0 radical (unpaired) electrons. The summed E-state index contributed by atoms with van der Waals surface area (Å²) in [5, 5.41) is 0. The fourth-order valence-electron chi connectivity index (χ4n) is 0.316. The first-order valence-corrected chi connectivity index (χ1v) is 2.26. The van der Waals surface area contributed by atoms with Crippen LogP contribution < -0.4 is 0 Å². The van der Waals surface area contributed by atoms with Gasteiger partial charge in [-0.1, -0.05) is 0 Å². The van der Waals surface area contributed by atoms with Crippen molar-refractivity contribution >= 4 is 12.7 Å². The van der Waals surface area contributed by atoms with Crippen LogP contribution in [0.25, 0.3) is 5.53 Å². The van der Waals surface area contributed by atoms with E-state index in [1.54, 1.807) is 6.08 Å². The van der Waals surface area contributed by atoms with Crippen molar-refractivity contribution in [2.24, 2.45) is 0 Å². The summed E-state index contributed by atoms with van der Waals surface area (Å²) in [7, 11) is 0. The molecule has 0 aromatic rings. The van der Waals surface area contributed by atoms with E-state index in [9.17, 15) is 4.79 Å². The quantitative estimate of drug-likeness (QED) is 0.203. The molecule has 0 saturated carbocycles. The van der Waals surface area contributed by atoms with Crippen LogP contribution in [0.3, 0.4) is 0 Å². The predicted molar refractivity (Wildman–Crippen MR) is 30.6 cm³/mol. The van der Waals surface area contributed by atoms with E-state index in [1.165, 1.54) is 6.26 Å². The van der Waals surface area contributed by atoms with Crippen LogP contribution in [0, 0.1) is 0 Å². The summed E-state index contributed by atoms with van der Waals surface area (Å²) >= 11 is 0. The molecule has 0 aliphatic carbocycles. The maximum atomic E-state index is 9.96. The van der Waals surface area contributed by atoms with Crippen molar-refractivity contribution in [1.82, 2.24) is 0 Å². The van der Waals surface area contributed by atoms with E-state index in [1.807, 2.05) is 0 Å². The minimum Gasteiger partial charge on any atom is -0.435 e. The summed E-state index contributed by atoms with van der Waals surface area (Å²) in [6, 6.07) is 0. The molecule has 0 aromatic heterocycles. The number of hydrogen-bond acceptors (Lipinski definition) is 2. The van der Waals surface area contributed by atoms with Crippen molar-refractivity contribution in [2.45, 2.75) is 6.42 Å².